The van der Waals surface area contributed by atoms with Crippen LogP contribution in [-0.2, 0) is 7.05 Å². The number of nitrogens with zero attached hydrogens (tertiary/aromatic N) is 2. The van der Waals surface area contributed by atoms with Crippen molar-refractivity contribution in [2.45, 2.75) is 39.3 Å². The SMILES string of the molecule is CCC(C)C(C)NC(CO)c1cnn(C)c1. The van der Waals surface area contributed by atoms with Crippen molar-refractivity contribution in [3.05, 3.63) is 18.0 Å². The molecule has 4 heteroatoms. The van der Waals surface area contributed by atoms with Gasteiger partial charge in [-0.3, -0.25) is 4.68 Å². The van der Waals surface area contributed by atoms with Gasteiger partial charge in [-0.05, 0) is 12.8 Å². The van der Waals surface area contributed by atoms with Crippen molar-refractivity contribution in [3.8, 4) is 0 Å². The van der Waals surface area contributed by atoms with Crippen LogP contribution in [0, 0.1) is 5.92 Å². The highest BCUT2D eigenvalue weighted by atomic mass is 16.3. The lowest BCUT2D eigenvalue weighted by Gasteiger charge is -2.25. The number of aryl methyl sites for hydroxylation is 1. The van der Waals surface area contributed by atoms with Crippen molar-refractivity contribution in [1.29, 1.82) is 0 Å². The summed E-state index contributed by atoms with van der Waals surface area (Å²) < 4.78 is 1.76. The van der Waals surface area contributed by atoms with Gasteiger partial charge in [0.25, 0.3) is 0 Å². The zero-order valence-electron chi connectivity index (χ0n) is 10.6. The Morgan fingerprint density at radius 3 is 2.62 bits per heavy atom. The molecule has 2 N–H and O–H groups in total. The maximum Gasteiger partial charge on any atom is 0.0627 e. The molecule has 0 aromatic carbocycles. The maximum atomic E-state index is 9.39. The standard InChI is InChI=1S/C12H23N3O/c1-5-9(2)10(3)14-12(8-16)11-6-13-15(4)7-11/h6-7,9-10,12,14,16H,5,8H2,1-4H3. The lowest BCUT2D eigenvalue weighted by Crippen LogP contribution is -2.36. The van der Waals surface area contributed by atoms with Gasteiger partial charge in [-0.25, -0.2) is 0 Å². The first-order valence-electron chi connectivity index (χ1n) is 5.93. The quantitative estimate of drug-likeness (QED) is 0.771. The van der Waals surface area contributed by atoms with Crippen LogP contribution in [0.25, 0.3) is 0 Å². The fourth-order valence-corrected chi connectivity index (χ4v) is 1.71. The van der Waals surface area contributed by atoms with Crippen molar-refractivity contribution in [2.75, 3.05) is 6.61 Å². The highest BCUT2D eigenvalue weighted by Gasteiger charge is 2.17. The van der Waals surface area contributed by atoms with Crippen molar-refractivity contribution < 1.29 is 5.11 Å². The zero-order chi connectivity index (χ0) is 12.1. The van der Waals surface area contributed by atoms with Crippen molar-refractivity contribution >= 4 is 0 Å². The van der Waals surface area contributed by atoms with Gasteiger partial charge in [-0.15, -0.1) is 0 Å². The number of aliphatic hydroxyl groups is 1. The fourth-order valence-electron chi connectivity index (χ4n) is 1.71. The van der Waals surface area contributed by atoms with E-state index in [9.17, 15) is 5.11 Å². The van der Waals surface area contributed by atoms with E-state index in [1.54, 1.807) is 10.9 Å². The van der Waals surface area contributed by atoms with Gasteiger partial charge in [0.15, 0.2) is 0 Å². The molecule has 92 valence electrons. The first-order chi connectivity index (χ1) is 7.58. The summed E-state index contributed by atoms with van der Waals surface area (Å²) in [6.45, 7) is 6.66. The molecule has 16 heavy (non-hydrogen) atoms. The highest BCUT2D eigenvalue weighted by Crippen LogP contribution is 2.15. The number of aliphatic hydroxyl groups excluding tert-OH is 1. The molecule has 1 rings (SSSR count). The molecule has 0 spiro atoms. The molecule has 4 nitrogen and oxygen atoms in total. The number of rotatable bonds is 6. The molecule has 3 atom stereocenters. The number of nitrogens with one attached hydrogen (secondary N) is 1. The predicted molar refractivity (Wildman–Crippen MR) is 65.1 cm³/mol. The van der Waals surface area contributed by atoms with Gasteiger partial charge in [0.05, 0.1) is 18.8 Å². The minimum Gasteiger partial charge on any atom is -0.394 e. The maximum absolute atomic E-state index is 9.39. The van der Waals surface area contributed by atoms with Gasteiger partial charge in [0, 0.05) is 24.8 Å². The Balaban J connectivity index is 2.62. The highest BCUT2D eigenvalue weighted by molar-refractivity contribution is 5.10. The van der Waals surface area contributed by atoms with E-state index in [1.165, 1.54) is 0 Å². The van der Waals surface area contributed by atoms with Crippen LogP contribution in [-0.4, -0.2) is 27.5 Å². The van der Waals surface area contributed by atoms with E-state index in [2.05, 4.69) is 31.2 Å². The third-order valence-corrected chi connectivity index (χ3v) is 3.27. The molecule has 0 amide bonds. The second-order valence-electron chi connectivity index (χ2n) is 4.52. The Labute approximate surface area is 97.7 Å². The molecule has 0 bridgehead atoms. The Morgan fingerprint density at radius 1 is 1.50 bits per heavy atom. The van der Waals surface area contributed by atoms with E-state index >= 15 is 0 Å². The minimum absolute atomic E-state index is 0.0160. The summed E-state index contributed by atoms with van der Waals surface area (Å²) in [5, 5.41) is 17.0. The molecule has 0 saturated carbocycles. The van der Waals surface area contributed by atoms with Crippen LogP contribution in [0.3, 0.4) is 0 Å². The molecule has 0 saturated heterocycles. The number of aromatic nitrogens is 2. The molecular formula is C12H23N3O. The largest absolute Gasteiger partial charge is 0.394 e. The van der Waals surface area contributed by atoms with Gasteiger partial charge in [-0.1, -0.05) is 20.3 Å². The van der Waals surface area contributed by atoms with E-state index in [4.69, 9.17) is 0 Å². The Bertz CT molecular complexity index is 311. The van der Waals surface area contributed by atoms with E-state index in [1.807, 2.05) is 13.2 Å². The zero-order valence-corrected chi connectivity index (χ0v) is 10.6. The van der Waals surface area contributed by atoms with E-state index in [0.717, 1.165) is 12.0 Å². The molecular weight excluding hydrogens is 202 g/mol. The van der Waals surface area contributed by atoms with Gasteiger partial charge < -0.3 is 10.4 Å². The van der Waals surface area contributed by atoms with Crippen molar-refractivity contribution in [3.63, 3.8) is 0 Å². The molecule has 0 radical (unpaired) electrons. The Hall–Kier alpha value is -0.870. The van der Waals surface area contributed by atoms with Crippen LogP contribution in [0.2, 0.25) is 0 Å². The second kappa shape index (κ2) is 6.01. The van der Waals surface area contributed by atoms with Crippen LogP contribution in [0.5, 0.6) is 0 Å². The van der Waals surface area contributed by atoms with Crippen LogP contribution in [0.4, 0.5) is 0 Å². The van der Waals surface area contributed by atoms with E-state index < -0.39 is 0 Å². The van der Waals surface area contributed by atoms with Crippen LogP contribution in [0.1, 0.15) is 38.8 Å². The van der Waals surface area contributed by atoms with E-state index in [-0.39, 0.29) is 12.6 Å². The lowest BCUT2D eigenvalue weighted by molar-refractivity contribution is 0.221. The van der Waals surface area contributed by atoms with Gasteiger partial charge in [-0.2, -0.15) is 5.10 Å². The van der Waals surface area contributed by atoms with Gasteiger partial charge in [0.1, 0.15) is 0 Å². The van der Waals surface area contributed by atoms with Crippen LogP contribution in [0.15, 0.2) is 12.4 Å². The van der Waals surface area contributed by atoms with Crippen molar-refractivity contribution in [2.24, 2.45) is 13.0 Å². The Morgan fingerprint density at radius 2 is 2.19 bits per heavy atom. The molecule has 0 aliphatic heterocycles. The first-order valence-corrected chi connectivity index (χ1v) is 5.93. The summed E-state index contributed by atoms with van der Waals surface area (Å²) in [6, 6.07) is 0.375. The predicted octanol–water partition coefficient (Wildman–Crippen LogP) is 1.48. The number of hydrogen-bond acceptors (Lipinski definition) is 3. The second-order valence-corrected chi connectivity index (χ2v) is 4.52. The smallest absolute Gasteiger partial charge is 0.0627 e. The third kappa shape index (κ3) is 3.32. The molecule has 0 aliphatic carbocycles. The van der Waals surface area contributed by atoms with Gasteiger partial charge in [0.2, 0.25) is 0 Å². The molecule has 3 unspecified atom stereocenters. The average molecular weight is 225 g/mol. The monoisotopic (exact) mass is 225 g/mol. The summed E-state index contributed by atoms with van der Waals surface area (Å²) in [5.74, 6) is 0.603. The minimum atomic E-state index is -0.0160. The van der Waals surface area contributed by atoms with Crippen LogP contribution >= 0.6 is 0 Å². The fraction of sp³-hybridized carbons (Fsp3) is 0.750. The molecule has 0 aliphatic rings. The topological polar surface area (TPSA) is 50.1 Å². The summed E-state index contributed by atoms with van der Waals surface area (Å²) >= 11 is 0. The first kappa shape index (κ1) is 13.2. The number of hydrogen-bond donors (Lipinski definition) is 2. The molecule has 1 aromatic rings. The normalized spacial score (nSPS) is 17.1. The molecule has 1 aromatic heterocycles. The Kier molecular flexibility index (Phi) is 4.96. The van der Waals surface area contributed by atoms with E-state index in [0.29, 0.717) is 12.0 Å². The summed E-state index contributed by atoms with van der Waals surface area (Å²) in [6.07, 6.45) is 4.88. The molecule has 0 fully saturated rings. The average Bonchev–Trinajstić information content (AvgIpc) is 2.71. The summed E-state index contributed by atoms with van der Waals surface area (Å²) in [5.41, 5.74) is 1.04. The summed E-state index contributed by atoms with van der Waals surface area (Å²) in [4.78, 5) is 0. The van der Waals surface area contributed by atoms with Crippen LogP contribution < -0.4 is 5.32 Å². The van der Waals surface area contributed by atoms with Gasteiger partial charge >= 0.3 is 0 Å². The lowest BCUT2D eigenvalue weighted by atomic mass is 9.99. The third-order valence-electron chi connectivity index (χ3n) is 3.27. The molecule has 1 heterocycles. The van der Waals surface area contributed by atoms with Crippen molar-refractivity contribution in [1.82, 2.24) is 15.1 Å². The summed E-state index contributed by atoms with van der Waals surface area (Å²) in [7, 11) is 1.88.